The molecular weight excluding hydrogens is 866 g/mol. The first-order chi connectivity index (χ1) is 29.7. The van der Waals surface area contributed by atoms with E-state index in [1.165, 1.54) is 12.3 Å². The third kappa shape index (κ3) is 9.49. The molecule has 3 aromatic heterocycles. The predicted molar refractivity (Wildman–Crippen MR) is 233 cm³/mol. The summed E-state index contributed by atoms with van der Waals surface area (Å²) in [6.07, 6.45) is -4.78. The van der Waals surface area contributed by atoms with Gasteiger partial charge >= 0.3 is 12.1 Å². The number of fused-ring (bicyclic) bond motifs is 2. The maximum absolute atomic E-state index is 13.1. The van der Waals surface area contributed by atoms with Gasteiger partial charge in [-0.15, -0.1) is 0 Å². The molecule has 12 nitrogen and oxygen atoms in total. The summed E-state index contributed by atoms with van der Waals surface area (Å²) in [5, 5.41) is 15.9. The van der Waals surface area contributed by atoms with Gasteiger partial charge in [-0.3, -0.25) is 14.1 Å². The van der Waals surface area contributed by atoms with Crippen molar-refractivity contribution in [2.75, 3.05) is 46.4 Å². The zero-order valence-corrected chi connectivity index (χ0v) is 36.3. The van der Waals surface area contributed by atoms with Crippen LogP contribution in [-0.2, 0) is 24.4 Å². The normalized spacial score (nSPS) is 14.5. The molecule has 1 N–H and O–H groups in total. The molecule has 62 heavy (non-hydrogen) atoms. The van der Waals surface area contributed by atoms with E-state index in [1.807, 2.05) is 60.9 Å². The minimum absolute atomic E-state index is 0.107. The number of carboxylic acid groups (broad SMARTS) is 1. The fourth-order valence-corrected chi connectivity index (χ4v) is 8.81. The number of hydrogen-bond donors (Lipinski definition) is 1. The Bertz CT molecular complexity index is 2750. The van der Waals surface area contributed by atoms with Gasteiger partial charge in [0.25, 0.3) is 0 Å². The summed E-state index contributed by atoms with van der Waals surface area (Å²) in [7, 11) is 2.12. The van der Waals surface area contributed by atoms with E-state index in [1.54, 1.807) is 24.3 Å². The first-order valence-electron chi connectivity index (χ1n) is 19.8. The van der Waals surface area contributed by atoms with Crippen LogP contribution in [0, 0.1) is 13.8 Å². The Morgan fingerprint density at radius 2 is 1.74 bits per heavy atom. The van der Waals surface area contributed by atoms with Gasteiger partial charge in [-0.1, -0.05) is 47.5 Å². The summed E-state index contributed by atoms with van der Waals surface area (Å²) < 4.78 is 66.2. The Morgan fingerprint density at radius 1 is 0.952 bits per heavy atom. The van der Waals surface area contributed by atoms with Crippen LogP contribution in [0.25, 0.3) is 37.9 Å². The van der Waals surface area contributed by atoms with Crippen molar-refractivity contribution < 1.29 is 37.3 Å². The van der Waals surface area contributed by atoms with Crippen LogP contribution in [0.4, 0.5) is 13.2 Å². The van der Waals surface area contributed by atoms with Crippen molar-refractivity contribution in [3.63, 3.8) is 0 Å². The molecule has 0 aliphatic carbocycles. The average molecular weight is 909 g/mol. The van der Waals surface area contributed by atoms with E-state index in [2.05, 4.69) is 26.3 Å². The number of aliphatic carboxylic acids is 1. The molecule has 0 saturated carbocycles. The van der Waals surface area contributed by atoms with E-state index in [0.717, 1.165) is 82.6 Å². The van der Waals surface area contributed by atoms with Crippen molar-refractivity contribution >= 4 is 61.8 Å². The largest absolute Gasteiger partial charge is 0.491 e. The van der Waals surface area contributed by atoms with Crippen LogP contribution in [0.5, 0.6) is 17.4 Å². The average Bonchev–Trinajstić information content (AvgIpc) is 3.94. The van der Waals surface area contributed by atoms with Crippen molar-refractivity contribution in [3.05, 3.63) is 112 Å². The summed E-state index contributed by atoms with van der Waals surface area (Å²) in [4.78, 5) is 22.4. The highest BCUT2D eigenvalue weighted by Gasteiger charge is 2.30. The quantitative estimate of drug-likeness (QED) is 0.107. The van der Waals surface area contributed by atoms with E-state index in [0.29, 0.717) is 43.6 Å². The lowest BCUT2D eigenvalue weighted by molar-refractivity contribution is -0.145. The Kier molecular flexibility index (Phi) is 12.7. The second-order valence-corrected chi connectivity index (χ2v) is 16.8. The number of ether oxygens (including phenoxy) is 3. The lowest BCUT2D eigenvalue weighted by Crippen LogP contribution is -2.45. The van der Waals surface area contributed by atoms with Gasteiger partial charge in [-0.05, 0) is 103 Å². The summed E-state index contributed by atoms with van der Waals surface area (Å²) in [6, 6.07) is 21.4. The van der Waals surface area contributed by atoms with Crippen LogP contribution in [0.2, 0.25) is 10.0 Å². The number of para-hydroxylation sites is 1. The van der Waals surface area contributed by atoms with Crippen molar-refractivity contribution in [1.82, 2.24) is 33.5 Å². The van der Waals surface area contributed by atoms with E-state index in [4.69, 9.17) is 42.4 Å². The highest BCUT2D eigenvalue weighted by Crippen LogP contribution is 2.44. The van der Waals surface area contributed by atoms with Crippen molar-refractivity contribution in [2.24, 2.45) is 0 Å². The van der Waals surface area contributed by atoms with Crippen LogP contribution in [0.3, 0.4) is 0 Å². The number of carbonyl (C=O) groups is 1. The number of halogens is 5. The standard InChI is InChI=1S/C44H42Cl2F3N7O5S/c1-26-32(9-11-37(41(26)46)59-19-18-54-16-14-53(3)15-17-54)33-22-31(56-27(2)51-34-21-29(45)8-10-35(34)56)23-39-40(33)42(52-62-39)61-38(43(57)58)20-28-6-4-5-7-36(28)60-24-30-12-13-50-55(30)25-44(47,48)49/h4-13,21-23,38H,14-20,24-25H2,1-3H3,(H,57,58). The number of benzene rings is 4. The molecule has 7 aromatic rings. The molecular formula is C44H42Cl2F3N7O5S. The van der Waals surface area contributed by atoms with Crippen LogP contribution in [-0.4, -0.2) is 103 Å². The molecule has 1 aliphatic rings. The SMILES string of the molecule is Cc1c(-c2cc(-n3c(C)nc4cc(Cl)ccc43)cc3snc(OC(Cc4ccccc4OCc4ccnn4CC(F)(F)F)C(=O)O)c23)ccc(OCCN2CCN(C)CC2)c1Cl. The summed E-state index contributed by atoms with van der Waals surface area (Å²) in [6.45, 7) is 7.53. The van der Waals surface area contributed by atoms with Gasteiger partial charge in [0.2, 0.25) is 12.0 Å². The van der Waals surface area contributed by atoms with Crippen LogP contribution in [0.1, 0.15) is 22.6 Å². The number of alkyl halides is 3. The zero-order valence-electron chi connectivity index (χ0n) is 34.0. The highest BCUT2D eigenvalue weighted by molar-refractivity contribution is 7.13. The van der Waals surface area contributed by atoms with E-state index in [-0.39, 0.29) is 30.4 Å². The van der Waals surface area contributed by atoms with Gasteiger partial charge in [-0.25, -0.2) is 9.78 Å². The Morgan fingerprint density at radius 3 is 2.52 bits per heavy atom. The number of carboxylic acids is 1. The molecule has 1 unspecified atom stereocenters. The first kappa shape index (κ1) is 43.3. The number of likely N-dealkylation sites (N-methyl/N-ethyl adjacent to an activating group) is 1. The monoisotopic (exact) mass is 907 g/mol. The number of imidazole rings is 1. The first-order valence-corrected chi connectivity index (χ1v) is 21.3. The minimum atomic E-state index is -4.47. The second kappa shape index (κ2) is 18.1. The zero-order chi connectivity index (χ0) is 43.7. The van der Waals surface area contributed by atoms with Crippen molar-refractivity contribution in [3.8, 4) is 34.2 Å². The van der Waals surface area contributed by atoms with Gasteiger partial charge in [-0.2, -0.15) is 22.6 Å². The molecule has 0 amide bonds. The van der Waals surface area contributed by atoms with Gasteiger partial charge in [0, 0.05) is 56.1 Å². The molecule has 1 saturated heterocycles. The molecule has 0 bridgehead atoms. The topological polar surface area (TPSA) is 120 Å². The van der Waals surface area contributed by atoms with E-state index < -0.39 is 24.8 Å². The Balaban J connectivity index is 1.13. The molecule has 4 aromatic carbocycles. The fraction of sp³-hybridized carbons (Fsp3) is 0.318. The van der Waals surface area contributed by atoms with Crippen LogP contribution in [0.15, 0.2) is 79.0 Å². The number of nitrogens with zero attached hydrogens (tertiary/aromatic N) is 7. The summed E-state index contributed by atoms with van der Waals surface area (Å²) >= 11 is 14.6. The molecule has 0 radical (unpaired) electrons. The molecule has 1 atom stereocenters. The Hall–Kier alpha value is -5.39. The highest BCUT2D eigenvalue weighted by atomic mass is 35.5. The lowest BCUT2D eigenvalue weighted by atomic mass is 9.96. The van der Waals surface area contributed by atoms with Gasteiger partial charge in [0.1, 0.15) is 37.1 Å². The third-order valence-corrected chi connectivity index (χ3v) is 12.4. The maximum Gasteiger partial charge on any atom is 0.408 e. The van der Waals surface area contributed by atoms with E-state index in [9.17, 15) is 23.1 Å². The molecule has 4 heterocycles. The fourth-order valence-electron chi connectivity index (χ4n) is 7.64. The van der Waals surface area contributed by atoms with Crippen molar-refractivity contribution in [1.29, 1.82) is 0 Å². The van der Waals surface area contributed by atoms with Gasteiger partial charge < -0.3 is 24.2 Å². The van der Waals surface area contributed by atoms with Gasteiger partial charge in [0.15, 0.2) is 0 Å². The van der Waals surface area contributed by atoms with E-state index >= 15 is 0 Å². The van der Waals surface area contributed by atoms with Crippen molar-refractivity contribution in [2.45, 2.75) is 45.7 Å². The number of aromatic nitrogens is 5. The second-order valence-electron chi connectivity index (χ2n) is 15.2. The smallest absolute Gasteiger partial charge is 0.408 e. The Labute approximate surface area is 369 Å². The van der Waals surface area contributed by atoms with Crippen LogP contribution >= 0.6 is 34.7 Å². The molecule has 1 aliphatic heterocycles. The molecule has 324 valence electrons. The third-order valence-electron chi connectivity index (χ3n) is 10.9. The number of rotatable bonds is 15. The summed E-state index contributed by atoms with van der Waals surface area (Å²) in [5.41, 5.74) is 5.23. The molecule has 0 spiro atoms. The number of piperazine rings is 1. The minimum Gasteiger partial charge on any atom is -0.491 e. The number of hydrogen-bond acceptors (Lipinski definition) is 10. The molecule has 1 fully saturated rings. The lowest BCUT2D eigenvalue weighted by Gasteiger charge is -2.32. The molecule has 8 rings (SSSR count). The predicted octanol–water partition coefficient (Wildman–Crippen LogP) is 9.26. The maximum atomic E-state index is 13.1. The molecule has 18 heteroatoms. The van der Waals surface area contributed by atoms with Gasteiger partial charge in [0.05, 0.1) is 31.8 Å². The summed E-state index contributed by atoms with van der Waals surface area (Å²) in [5.74, 6) is 0.425. The number of aryl methyl sites for hydroxylation is 1. The van der Waals surface area contributed by atoms with Crippen LogP contribution < -0.4 is 14.2 Å².